The molecule has 3 rings (SSSR count). The summed E-state index contributed by atoms with van der Waals surface area (Å²) in [6, 6.07) is 12.5. The smallest absolute Gasteiger partial charge is 0.138 e. The standard InChI is InChI=1S/C19H19N3S/c1-2-7-16(11-6-10-15-8-4-3-5-9-15)22-18-17-12-13-23-19(17)21-14-20-18/h3-5,8-9,12-14,16H,2,7,11H2,1H3,(H,20,21,22). The number of aromatic nitrogens is 2. The van der Waals surface area contributed by atoms with E-state index in [9.17, 15) is 0 Å². The number of benzene rings is 1. The molecule has 3 nitrogen and oxygen atoms in total. The topological polar surface area (TPSA) is 37.8 Å². The van der Waals surface area contributed by atoms with Crippen LogP contribution < -0.4 is 5.32 Å². The average Bonchev–Trinajstić information content (AvgIpc) is 3.06. The molecule has 0 aliphatic rings. The number of hydrogen-bond acceptors (Lipinski definition) is 4. The van der Waals surface area contributed by atoms with Gasteiger partial charge in [0.25, 0.3) is 0 Å². The van der Waals surface area contributed by atoms with Crippen molar-refractivity contribution in [2.45, 2.75) is 32.2 Å². The minimum absolute atomic E-state index is 0.300. The molecule has 0 bridgehead atoms. The Morgan fingerprint density at radius 1 is 1.17 bits per heavy atom. The summed E-state index contributed by atoms with van der Waals surface area (Å²) in [5.74, 6) is 7.44. The molecule has 1 atom stereocenters. The number of thiophene rings is 1. The van der Waals surface area contributed by atoms with Crippen LogP contribution in [0.25, 0.3) is 10.2 Å². The third kappa shape index (κ3) is 4.08. The summed E-state index contributed by atoms with van der Waals surface area (Å²) in [7, 11) is 0. The van der Waals surface area contributed by atoms with Crippen molar-refractivity contribution in [1.29, 1.82) is 0 Å². The predicted molar refractivity (Wildman–Crippen MR) is 97.7 cm³/mol. The number of nitrogens with zero attached hydrogens (tertiary/aromatic N) is 2. The van der Waals surface area contributed by atoms with Gasteiger partial charge < -0.3 is 5.32 Å². The van der Waals surface area contributed by atoms with Gasteiger partial charge in [0.1, 0.15) is 17.0 Å². The molecule has 23 heavy (non-hydrogen) atoms. The molecule has 0 fully saturated rings. The summed E-state index contributed by atoms with van der Waals surface area (Å²) in [6.07, 6.45) is 4.61. The molecular weight excluding hydrogens is 302 g/mol. The summed E-state index contributed by atoms with van der Waals surface area (Å²) in [6.45, 7) is 2.19. The van der Waals surface area contributed by atoms with Gasteiger partial charge in [0.15, 0.2) is 0 Å². The van der Waals surface area contributed by atoms with E-state index in [1.54, 1.807) is 17.7 Å². The monoisotopic (exact) mass is 321 g/mol. The van der Waals surface area contributed by atoms with Crippen molar-refractivity contribution in [1.82, 2.24) is 9.97 Å². The van der Waals surface area contributed by atoms with Crippen molar-refractivity contribution in [3.63, 3.8) is 0 Å². The highest BCUT2D eigenvalue weighted by atomic mass is 32.1. The van der Waals surface area contributed by atoms with Gasteiger partial charge in [0.05, 0.1) is 5.39 Å². The van der Waals surface area contributed by atoms with Crippen molar-refractivity contribution >= 4 is 27.4 Å². The molecule has 3 aromatic rings. The van der Waals surface area contributed by atoms with Crippen molar-refractivity contribution in [2.24, 2.45) is 0 Å². The Morgan fingerprint density at radius 2 is 2.04 bits per heavy atom. The van der Waals surface area contributed by atoms with E-state index in [4.69, 9.17) is 0 Å². The van der Waals surface area contributed by atoms with Crippen LogP contribution in [-0.4, -0.2) is 16.0 Å². The Kier molecular flexibility index (Phi) is 5.23. The molecule has 1 N–H and O–H groups in total. The van der Waals surface area contributed by atoms with E-state index in [0.717, 1.165) is 40.9 Å². The number of nitrogens with one attached hydrogen (secondary N) is 1. The second-order valence-corrected chi connectivity index (χ2v) is 6.26. The second kappa shape index (κ2) is 7.75. The van der Waals surface area contributed by atoms with Gasteiger partial charge in [-0.3, -0.25) is 0 Å². The fourth-order valence-corrected chi connectivity index (χ4v) is 3.20. The Morgan fingerprint density at radius 3 is 2.87 bits per heavy atom. The predicted octanol–water partition coefficient (Wildman–Crippen LogP) is 4.71. The number of fused-ring (bicyclic) bond motifs is 1. The van der Waals surface area contributed by atoms with Gasteiger partial charge in [-0.2, -0.15) is 0 Å². The van der Waals surface area contributed by atoms with Gasteiger partial charge in [-0.25, -0.2) is 9.97 Å². The van der Waals surface area contributed by atoms with Gasteiger partial charge in [-0.1, -0.05) is 43.4 Å². The zero-order valence-corrected chi connectivity index (χ0v) is 13.9. The molecule has 1 aromatic carbocycles. The van der Waals surface area contributed by atoms with Crippen molar-refractivity contribution in [3.8, 4) is 11.8 Å². The maximum atomic E-state index is 4.40. The lowest BCUT2D eigenvalue weighted by Crippen LogP contribution is -2.19. The van der Waals surface area contributed by atoms with E-state index in [1.165, 1.54) is 0 Å². The number of anilines is 1. The zero-order chi connectivity index (χ0) is 15.9. The minimum atomic E-state index is 0.300. The molecule has 0 aliphatic heterocycles. The fourth-order valence-electron chi connectivity index (χ4n) is 2.47. The van der Waals surface area contributed by atoms with Crippen LogP contribution in [0.4, 0.5) is 5.82 Å². The summed E-state index contributed by atoms with van der Waals surface area (Å²) >= 11 is 1.64. The first-order valence-corrected chi connectivity index (χ1v) is 8.73. The molecule has 0 saturated carbocycles. The molecule has 0 radical (unpaired) electrons. The van der Waals surface area contributed by atoms with Crippen molar-refractivity contribution < 1.29 is 0 Å². The second-order valence-electron chi connectivity index (χ2n) is 5.36. The summed E-state index contributed by atoms with van der Waals surface area (Å²) in [5, 5.41) is 6.69. The van der Waals surface area contributed by atoms with Crippen LogP contribution in [0.3, 0.4) is 0 Å². The number of hydrogen-bond donors (Lipinski definition) is 1. The highest BCUT2D eigenvalue weighted by Crippen LogP contribution is 2.25. The van der Waals surface area contributed by atoms with E-state index in [2.05, 4.69) is 45.5 Å². The van der Waals surface area contributed by atoms with E-state index in [1.807, 2.05) is 30.3 Å². The summed E-state index contributed by atoms with van der Waals surface area (Å²) in [5.41, 5.74) is 1.06. The molecule has 0 amide bonds. The first kappa shape index (κ1) is 15.5. The first-order valence-electron chi connectivity index (χ1n) is 7.85. The average molecular weight is 321 g/mol. The Labute approximate surface area is 140 Å². The quantitative estimate of drug-likeness (QED) is 0.691. The summed E-state index contributed by atoms with van der Waals surface area (Å²) < 4.78 is 0. The maximum absolute atomic E-state index is 4.40. The van der Waals surface area contributed by atoms with Gasteiger partial charge in [0.2, 0.25) is 0 Å². The largest absolute Gasteiger partial charge is 0.366 e. The molecule has 1 unspecified atom stereocenters. The van der Waals surface area contributed by atoms with Gasteiger partial charge in [0, 0.05) is 18.0 Å². The molecule has 0 aliphatic carbocycles. The van der Waals surface area contributed by atoms with Crippen LogP contribution >= 0.6 is 11.3 Å². The van der Waals surface area contributed by atoms with Gasteiger partial charge in [-0.15, -0.1) is 11.3 Å². The third-order valence-electron chi connectivity index (χ3n) is 3.59. The Hall–Kier alpha value is -2.38. The van der Waals surface area contributed by atoms with E-state index in [0.29, 0.717) is 6.04 Å². The lowest BCUT2D eigenvalue weighted by atomic mass is 10.1. The van der Waals surface area contributed by atoms with Crippen LogP contribution in [0.1, 0.15) is 31.7 Å². The van der Waals surface area contributed by atoms with Gasteiger partial charge in [-0.05, 0) is 30.0 Å². The maximum Gasteiger partial charge on any atom is 0.138 e. The molecular formula is C19H19N3S. The van der Waals surface area contributed by atoms with Crippen LogP contribution in [-0.2, 0) is 0 Å². The van der Waals surface area contributed by atoms with E-state index < -0.39 is 0 Å². The SMILES string of the molecule is CCCC(CC#Cc1ccccc1)Nc1ncnc2sccc12. The third-order valence-corrected chi connectivity index (χ3v) is 4.42. The zero-order valence-electron chi connectivity index (χ0n) is 13.1. The molecule has 2 aromatic heterocycles. The summed E-state index contributed by atoms with van der Waals surface area (Å²) in [4.78, 5) is 9.72. The van der Waals surface area contributed by atoms with Gasteiger partial charge >= 0.3 is 0 Å². The molecule has 116 valence electrons. The Balaban J connectivity index is 1.72. The molecule has 2 heterocycles. The lowest BCUT2D eigenvalue weighted by Gasteiger charge is -2.16. The fraction of sp³-hybridized carbons (Fsp3) is 0.263. The van der Waals surface area contributed by atoms with Crippen LogP contribution in [0.15, 0.2) is 48.1 Å². The molecule has 4 heteroatoms. The highest BCUT2D eigenvalue weighted by molar-refractivity contribution is 7.16. The normalized spacial score (nSPS) is 11.7. The molecule has 0 saturated heterocycles. The van der Waals surface area contributed by atoms with Crippen LogP contribution in [0, 0.1) is 11.8 Å². The van der Waals surface area contributed by atoms with Crippen molar-refractivity contribution in [3.05, 3.63) is 53.7 Å². The van der Waals surface area contributed by atoms with E-state index >= 15 is 0 Å². The Bertz CT molecular complexity index is 814. The minimum Gasteiger partial charge on any atom is -0.366 e. The molecule has 0 spiro atoms. The van der Waals surface area contributed by atoms with Crippen molar-refractivity contribution in [2.75, 3.05) is 5.32 Å². The van der Waals surface area contributed by atoms with Crippen LogP contribution in [0.2, 0.25) is 0 Å². The van der Waals surface area contributed by atoms with E-state index in [-0.39, 0.29) is 0 Å². The first-order chi connectivity index (χ1) is 11.4. The van der Waals surface area contributed by atoms with Crippen LogP contribution in [0.5, 0.6) is 0 Å². The lowest BCUT2D eigenvalue weighted by molar-refractivity contribution is 0.653. The number of rotatable bonds is 5. The highest BCUT2D eigenvalue weighted by Gasteiger charge is 2.10.